The van der Waals surface area contributed by atoms with Gasteiger partial charge in [-0.15, -0.1) is 0 Å². The van der Waals surface area contributed by atoms with Crippen LogP contribution in [0.4, 0.5) is 0 Å². The molecule has 0 N–H and O–H groups in total. The number of hydrogen-bond acceptors (Lipinski definition) is 4. The summed E-state index contributed by atoms with van der Waals surface area (Å²) in [5.41, 5.74) is 1.39. The van der Waals surface area contributed by atoms with E-state index >= 15 is 0 Å². The van der Waals surface area contributed by atoms with Crippen molar-refractivity contribution in [2.45, 2.75) is 26.6 Å². The zero-order valence-electron chi connectivity index (χ0n) is 11.9. The zero-order chi connectivity index (χ0) is 13.8. The highest BCUT2D eigenvalue weighted by molar-refractivity contribution is 7.07. The molecule has 0 radical (unpaired) electrons. The first kappa shape index (κ1) is 13.8. The fraction of sp³-hybridized carbons (Fsp3) is 0.533. The van der Waals surface area contributed by atoms with E-state index < -0.39 is 0 Å². The van der Waals surface area contributed by atoms with Gasteiger partial charge in [0, 0.05) is 44.6 Å². The number of ether oxygens (including phenoxy) is 1. The molecule has 4 nitrogen and oxygen atoms in total. The van der Waals surface area contributed by atoms with Gasteiger partial charge in [-0.1, -0.05) is 0 Å². The maximum atomic E-state index is 5.65. The van der Waals surface area contributed by atoms with Crippen LogP contribution < -0.4 is 0 Å². The minimum absolute atomic E-state index is 0.532. The van der Waals surface area contributed by atoms with Gasteiger partial charge in [0.15, 0.2) is 0 Å². The standard InChI is InChI=1S/C15H21N3OS/c1-2-19-11-14-8-17(7-13-3-6-20-12-13)10-15-16-4-5-18(15)9-14/h3-6,12,14H,2,7-11H2,1H3. The molecule has 0 aliphatic carbocycles. The smallest absolute Gasteiger partial charge is 0.122 e. The highest BCUT2D eigenvalue weighted by atomic mass is 32.1. The van der Waals surface area contributed by atoms with Gasteiger partial charge in [-0.2, -0.15) is 11.3 Å². The van der Waals surface area contributed by atoms with Crippen molar-refractivity contribution >= 4 is 11.3 Å². The van der Waals surface area contributed by atoms with Crippen LogP contribution in [0.25, 0.3) is 0 Å². The van der Waals surface area contributed by atoms with E-state index in [0.29, 0.717) is 5.92 Å². The maximum Gasteiger partial charge on any atom is 0.122 e. The molecule has 1 aliphatic rings. The van der Waals surface area contributed by atoms with Crippen molar-refractivity contribution in [1.29, 1.82) is 0 Å². The van der Waals surface area contributed by atoms with Crippen molar-refractivity contribution in [2.24, 2.45) is 5.92 Å². The average Bonchev–Trinajstić information content (AvgIpc) is 3.06. The quantitative estimate of drug-likeness (QED) is 0.848. The summed E-state index contributed by atoms with van der Waals surface area (Å²) in [5.74, 6) is 1.70. The third-order valence-corrected chi connectivity index (χ3v) is 4.41. The number of hydrogen-bond donors (Lipinski definition) is 0. The summed E-state index contributed by atoms with van der Waals surface area (Å²) in [6.45, 7) is 7.67. The molecule has 108 valence electrons. The Morgan fingerprint density at radius 2 is 2.40 bits per heavy atom. The van der Waals surface area contributed by atoms with Crippen LogP contribution in [-0.2, 0) is 24.4 Å². The number of aromatic nitrogens is 2. The second kappa shape index (κ2) is 6.52. The van der Waals surface area contributed by atoms with Gasteiger partial charge < -0.3 is 9.30 Å². The second-order valence-corrected chi connectivity index (χ2v) is 6.10. The first-order valence-electron chi connectivity index (χ1n) is 7.16. The van der Waals surface area contributed by atoms with Crippen LogP contribution in [0, 0.1) is 5.92 Å². The van der Waals surface area contributed by atoms with E-state index in [-0.39, 0.29) is 0 Å². The first-order chi connectivity index (χ1) is 9.85. The molecule has 1 unspecified atom stereocenters. The summed E-state index contributed by atoms with van der Waals surface area (Å²) < 4.78 is 7.92. The predicted octanol–water partition coefficient (Wildman–Crippen LogP) is 2.61. The van der Waals surface area contributed by atoms with E-state index in [9.17, 15) is 0 Å². The molecule has 5 heteroatoms. The first-order valence-corrected chi connectivity index (χ1v) is 8.10. The normalized spacial score (nSPS) is 19.8. The molecular weight excluding hydrogens is 270 g/mol. The summed E-state index contributed by atoms with van der Waals surface area (Å²) in [4.78, 5) is 6.98. The molecule has 1 atom stereocenters. The van der Waals surface area contributed by atoms with Gasteiger partial charge in [-0.25, -0.2) is 4.98 Å². The van der Waals surface area contributed by atoms with Gasteiger partial charge in [0.1, 0.15) is 5.82 Å². The van der Waals surface area contributed by atoms with Gasteiger partial charge in [0.05, 0.1) is 13.2 Å². The molecular formula is C15H21N3OS. The monoisotopic (exact) mass is 291 g/mol. The van der Waals surface area contributed by atoms with Crippen LogP contribution in [0.3, 0.4) is 0 Å². The molecule has 0 fully saturated rings. The molecule has 0 aromatic carbocycles. The number of imidazole rings is 1. The van der Waals surface area contributed by atoms with E-state index in [1.54, 1.807) is 11.3 Å². The Hall–Kier alpha value is -1.17. The maximum absolute atomic E-state index is 5.65. The Morgan fingerprint density at radius 1 is 1.45 bits per heavy atom. The van der Waals surface area contributed by atoms with Crippen molar-refractivity contribution in [2.75, 3.05) is 19.8 Å². The molecule has 0 spiro atoms. The van der Waals surface area contributed by atoms with E-state index in [2.05, 4.69) is 44.4 Å². The van der Waals surface area contributed by atoms with Gasteiger partial charge in [0.2, 0.25) is 0 Å². The lowest BCUT2D eigenvalue weighted by Crippen LogP contribution is -2.30. The largest absolute Gasteiger partial charge is 0.381 e. The predicted molar refractivity (Wildman–Crippen MR) is 80.6 cm³/mol. The molecule has 0 amide bonds. The summed E-state index contributed by atoms with van der Waals surface area (Å²) in [6, 6.07) is 2.21. The summed E-state index contributed by atoms with van der Waals surface area (Å²) in [7, 11) is 0. The van der Waals surface area contributed by atoms with Gasteiger partial charge >= 0.3 is 0 Å². The summed E-state index contributed by atoms with van der Waals surface area (Å²) in [6.07, 6.45) is 3.99. The molecule has 2 aromatic heterocycles. The fourth-order valence-corrected chi connectivity index (χ4v) is 3.43. The average molecular weight is 291 g/mol. The summed E-state index contributed by atoms with van der Waals surface area (Å²) in [5, 5.41) is 4.38. The van der Waals surface area contributed by atoms with Crippen molar-refractivity contribution < 1.29 is 4.74 Å². The molecule has 2 aromatic rings. The molecule has 0 saturated carbocycles. The Kier molecular flexibility index (Phi) is 4.50. The lowest BCUT2D eigenvalue weighted by atomic mass is 10.1. The Morgan fingerprint density at radius 3 is 3.20 bits per heavy atom. The van der Waals surface area contributed by atoms with Crippen LogP contribution in [0.5, 0.6) is 0 Å². The third kappa shape index (κ3) is 3.29. The second-order valence-electron chi connectivity index (χ2n) is 5.32. The molecule has 3 heterocycles. The Bertz CT molecular complexity index is 523. The SMILES string of the molecule is CCOCC1CN(Cc2ccsc2)Cc2nccn2C1. The van der Waals surface area contributed by atoms with E-state index in [1.165, 1.54) is 11.4 Å². The van der Waals surface area contributed by atoms with Gasteiger partial charge in [-0.3, -0.25) is 4.90 Å². The van der Waals surface area contributed by atoms with Gasteiger partial charge in [0.25, 0.3) is 0 Å². The van der Waals surface area contributed by atoms with Crippen molar-refractivity contribution in [3.63, 3.8) is 0 Å². The number of thiophene rings is 1. The highest BCUT2D eigenvalue weighted by Crippen LogP contribution is 2.19. The zero-order valence-corrected chi connectivity index (χ0v) is 12.7. The molecule has 3 rings (SSSR count). The lowest BCUT2D eigenvalue weighted by Gasteiger charge is -2.23. The van der Waals surface area contributed by atoms with Crippen LogP contribution >= 0.6 is 11.3 Å². The van der Waals surface area contributed by atoms with E-state index in [4.69, 9.17) is 4.74 Å². The fourth-order valence-electron chi connectivity index (χ4n) is 2.77. The Balaban J connectivity index is 1.73. The molecule has 1 aliphatic heterocycles. The highest BCUT2D eigenvalue weighted by Gasteiger charge is 2.22. The molecule has 0 bridgehead atoms. The van der Waals surface area contributed by atoms with Gasteiger partial charge in [-0.05, 0) is 29.3 Å². The van der Waals surface area contributed by atoms with Crippen LogP contribution in [0.1, 0.15) is 18.3 Å². The third-order valence-electron chi connectivity index (χ3n) is 3.68. The number of nitrogens with zero attached hydrogens (tertiary/aromatic N) is 3. The molecule has 20 heavy (non-hydrogen) atoms. The summed E-state index contributed by atoms with van der Waals surface area (Å²) >= 11 is 1.76. The van der Waals surface area contributed by atoms with Crippen LogP contribution in [0.15, 0.2) is 29.2 Å². The van der Waals surface area contributed by atoms with Crippen LogP contribution in [-0.4, -0.2) is 34.2 Å². The van der Waals surface area contributed by atoms with Crippen molar-refractivity contribution in [3.05, 3.63) is 40.6 Å². The topological polar surface area (TPSA) is 30.3 Å². The van der Waals surface area contributed by atoms with Crippen LogP contribution in [0.2, 0.25) is 0 Å². The van der Waals surface area contributed by atoms with E-state index in [0.717, 1.165) is 39.4 Å². The van der Waals surface area contributed by atoms with E-state index in [1.807, 2.05) is 6.20 Å². The minimum atomic E-state index is 0.532. The molecule has 0 saturated heterocycles. The van der Waals surface area contributed by atoms with Crippen molar-refractivity contribution in [1.82, 2.24) is 14.5 Å². The minimum Gasteiger partial charge on any atom is -0.381 e. The van der Waals surface area contributed by atoms with Crippen molar-refractivity contribution in [3.8, 4) is 0 Å². The number of fused-ring (bicyclic) bond motifs is 1. The lowest BCUT2D eigenvalue weighted by molar-refractivity contribution is 0.0851. The number of rotatable bonds is 5. The Labute approximate surface area is 124 Å².